The van der Waals surface area contributed by atoms with Crippen LogP contribution in [0.4, 0.5) is 11.8 Å². The number of fused-ring (bicyclic) bond motifs is 1. The Morgan fingerprint density at radius 1 is 1.22 bits per heavy atom. The highest BCUT2D eigenvalue weighted by Crippen LogP contribution is 2.18. The van der Waals surface area contributed by atoms with Gasteiger partial charge in [0.2, 0.25) is 11.9 Å². The van der Waals surface area contributed by atoms with Crippen molar-refractivity contribution in [3.05, 3.63) is 42.2 Å². The van der Waals surface area contributed by atoms with Gasteiger partial charge in [-0.1, -0.05) is 18.2 Å². The van der Waals surface area contributed by atoms with Crippen molar-refractivity contribution >= 4 is 28.6 Å². The molecule has 0 spiro atoms. The van der Waals surface area contributed by atoms with Gasteiger partial charge in [0.1, 0.15) is 0 Å². The summed E-state index contributed by atoms with van der Waals surface area (Å²) in [5.41, 5.74) is 2.42. The van der Waals surface area contributed by atoms with E-state index in [9.17, 15) is 4.79 Å². The van der Waals surface area contributed by atoms with Crippen molar-refractivity contribution in [2.24, 2.45) is 0 Å². The molecular weight excluding hydrogens is 342 g/mol. The number of carbonyl (C=O) groups is 1. The highest BCUT2D eigenvalue weighted by atomic mass is 16.2. The second-order valence-corrected chi connectivity index (χ2v) is 6.67. The average Bonchev–Trinajstić information content (AvgIpc) is 3.12. The Morgan fingerprint density at radius 3 is 2.85 bits per heavy atom. The third-order valence-electron chi connectivity index (χ3n) is 4.95. The molecule has 0 aliphatic carbocycles. The standard InChI is InChI=1S/C19H23N7O/c1-14(27)25-8-10-26(11-9-25)18-13-22-24-19(23-18)20-7-6-15-12-21-17-5-3-2-4-16(15)17/h2-5,12-13,21H,6-11H2,1H3,(H,20,23,24). The molecule has 1 aliphatic rings. The number of aromatic amines is 1. The van der Waals surface area contributed by atoms with E-state index in [0.29, 0.717) is 19.0 Å². The molecule has 0 atom stereocenters. The minimum Gasteiger partial charge on any atom is -0.361 e. The molecule has 27 heavy (non-hydrogen) atoms. The number of hydrogen-bond donors (Lipinski definition) is 2. The number of H-pyrrole nitrogens is 1. The molecule has 140 valence electrons. The van der Waals surface area contributed by atoms with Crippen LogP contribution in [-0.2, 0) is 11.2 Å². The Morgan fingerprint density at radius 2 is 2.04 bits per heavy atom. The molecule has 1 aliphatic heterocycles. The highest BCUT2D eigenvalue weighted by Gasteiger charge is 2.20. The zero-order chi connectivity index (χ0) is 18.6. The van der Waals surface area contributed by atoms with Gasteiger partial charge in [-0.15, -0.1) is 5.10 Å². The van der Waals surface area contributed by atoms with Gasteiger partial charge < -0.3 is 20.1 Å². The number of nitrogens with zero attached hydrogens (tertiary/aromatic N) is 5. The fourth-order valence-electron chi connectivity index (χ4n) is 3.42. The normalized spacial score (nSPS) is 14.6. The monoisotopic (exact) mass is 365 g/mol. The summed E-state index contributed by atoms with van der Waals surface area (Å²) in [5.74, 6) is 1.44. The lowest BCUT2D eigenvalue weighted by Crippen LogP contribution is -2.48. The van der Waals surface area contributed by atoms with Crippen molar-refractivity contribution in [3.8, 4) is 0 Å². The van der Waals surface area contributed by atoms with Crippen LogP contribution in [0.5, 0.6) is 0 Å². The van der Waals surface area contributed by atoms with Crippen LogP contribution in [0.15, 0.2) is 36.7 Å². The van der Waals surface area contributed by atoms with E-state index >= 15 is 0 Å². The number of para-hydroxylation sites is 1. The van der Waals surface area contributed by atoms with Gasteiger partial charge in [0.25, 0.3) is 0 Å². The lowest BCUT2D eigenvalue weighted by atomic mass is 10.1. The van der Waals surface area contributed by atoms with Crippen LogP contribution < -0.4 is 10.2 Å². The molecule has 2 aromatic heterocycles. The Labute approximate surface area is 157 Å². The van der Waals surface area contributed by atoms with E-state index in [1.54, 1.807) is 13.1 Å². The van der Waals surface area contributed by atoms with E-state index in [-0.39, 0.29) is 5.91 Å². The summed E-state index contributed by atoms with van der Waals surface area (Å²) in [6.45, 7) is 5.27. The Hall–Kier alpha value is -3.16. The van der Waals surface area contributed by atoms with Gasteiger partial charge in [-0.25, -0.2) is 0 Å². The van der Waals surface area contributed by atoms with Crippen molar-refractivity contribution in [1.82, 2.24) is 25.1 Å². The summed E-state index contributed by atoms with van der Waals surface area (Å²) in [6, 6.07) is 8.28. The Balaban J connectivity index is 1.35. The molecule has 0 radical (unpaired) electrons. The van der Waals surface area contributed by atoms with E-state index in [2.05, 4.69) is 54.8 Å². The Bertz CT molecular complexity index is 930. The summed E-state index contributed by atoms with van der Waals surface area (Å²) >= 11 is 0. The number of aromatic nitrogens is 4. The van der Waals surface area contributed by atoms with E-state index in [1.165, 1.54) is 10.9 Å². The minimum absolute atomic E-state index is 0.120. The summed E-state index contributed by atoms with van der Waals surface area (Å²) in [6.07, 6.45) is 4.60. The molecule has 3 aromatic rings. The fourth-order valence-corrected chi connectivity index (χ4v) is 3.42. The molecule has 1 fully saturated rings. The fraction of sp³-hybridized carbons (Fsp3) is 0.368. The van der Waals surface area contributed by atoms with Gasteiger partial charge >= 0.3 is 0 Å². The number of carbonyl (C=O) groups excluding carboxylic acids is 1. The molecule has 1 aromatic carbocycles. The second-order valence-electron chi connectivity index (χ2n) is 6.67. The zero-order valence-electron chi connectivity index (χ0n) is 15.4. The second kappa shape index (κ2) is 7.61. The first-order chi connectivity index (χ1) is 13.2. The molecule has 0 bridgehead atoms. The maximum absolute atomic E-state index is 11.5. The maximum Gasteiger partial charge on any atom is 0.244 e. The predicted molar refractivity (Wildman–Crippen MR) is 105 cm³/mol. The van der Waals surface area contributed by atoms with Crippen LogP contribution in [0.2, 0.25) is 0 Å². The number of anilines is 2. The Kier molecular flexibility index (Phi) is 4.86. The average molecular weight is 365 g/mol. The highest BCUT2D eigenvalue weighted by molar-refractivity contribution is 5.83. The minimum atomic E-state index is 0.120. The van der Waals surface area contributed by atoms with Gasteiger partial charge in [0, 0.05) is 56.7 Å². The number of amides is 1. The van der Waals surface area contributed by atoms with E-state index in [0.717, 1.165) is 37.4 Å². The van der Waals surface area contributed by atoms with E-state index in [1.807, 2.05) is 11.0 Å². The van der Waals surface area contributed by atoms with Crippen molar-refractivity contribution in [3.63, 3.8) is 0 Å². The summed E-state index contributed by atoms with van der Waals surface area (Å²) in [7, 11) is 0. The van der Waals surface area contributed by atoms with Crippen LogP contribution in [0.25, 0.3) is 10.9 Å². The molecule has 8 heteroatoms. The van der Waals surface area contributed by atoms with Gasteiger partial charge in [-0.2, -0.15) is 10.1 Å². The summed E-state index contributed by atoms with van der Waals surface area (Å²) < 4.78 is 0. The molecule has 0 unspecified atom stereocenters. The lowest BCUT2D eigenvalue weighted by Gasteiger charge is -2.34. The molecular formula is C19H23N7O. The van der Waals surface area contributed by atoms with Gasteiger partial charge in [-0.3, -0.25) is 4.79 Å². The summed E-state index contributed by atoms with van der Waals surface area (Å²) in [5, 5.41) is 12.7. The van der Waals surface area contributed by atoms with E-state index < -0.39 is 0 Å². The summed E-state index contributed by atoms with van der Waals surface area (Å²) in [4.78, 5) is 23.3. The first-order valence-electron chi connectivity index (χ1n) is 9.20. The third-order valence-corrected chi connectivity index (χ3v) is 4.95. The van der Waals surface area contributed by atoms with Crippen molar-refractivity contribution in [2.45, 2.75) is 13.3 Å². The largest absolute Gasteiger partial charge is 0.361 e. The number of rotatable bonds is 5. The smallest absolute Gasteiger partial charge is 0.244 e. The zero-order valence-corrected chi connectivity index (χ0v) is 15.4. The number of piperazine rings is 1. The van der Waals surface area contributed by atoms with Crippen molar-refractivity contribution in [1.29, 1.82) is 0 Å². The maximum atomic E-state index is 11.5. The molecule has 1 amide bonds. The van der Waals surface area contributed by atoms with Crippen molar-refractivity contribution in [2.75, 3.05) is 42.9 Å². The van der Waals surface area contributed by atoms with E-state index in [4.69, 9.17) is 0 Å². The number of benzene rings is 1. The topological polar surface area (TPSA) is 90.0 Å². The van der Waals surface area contributed by atoms with Crippen LogP contribution in [0.1, 0.15) is 12.5 Å². The lowest BCUT2D eigenvalue weighted by molar-refractivity contribution is -0.129. The van der Waals surface area contributed by atoms with Crippen LogP contribution >= 0.6 is 0 Å². The van der Waals surface area contributed by atoms with Crippen molar-refractivity contribution < 1.29 is 4.79 Å². The van der Waals surface area contributed by atoms with Gasteiger partial charge in [0.15, 0.2) is 5.82 Å². The number of hydrogen-bond acceptors (Lipinski definition) is 6. The van der Waals surface area contributed by atoms with Crippen LogP contribution in [0, 0.1) is 0 Å². The van der Waals surface area contributed by atoms with Crippen LogP contribution in [-0.4, -0.2) is 63.7 Å². The first kappa shape index (κ1) is 17.3. The molecule has 3 heterocycles. The first-order valence-corrected chi connectivity index (χ1v) is 9.20. The molecule has 4 rings (SSSR count). The molecule has 0 saturated carbocycles. The molecule has 1 saturated heterocycles. The molecule has 2 N–H and O–H groups in total. The quantitative estimate of drug-likeness (QED) is 0.715. The van der Waals surface area contributed by atoms with Gasteiger partial charge in [-0.05, 0) is 18.1 Å². The SMILES string of the molecule is CC(=O)N1CCN(c2cnnc(NCCc3c[nH]c4ccccc34)n2)CC1. The van der Waals surface area contributed by atoms with Gasteiger partial charge in [0.05, 0.1) is 6.20 Å². The predicted octanol–water partition coefficient (Wildman–Crippen LogP) is 1.68. The third kappa shape index (κ3) is 3.84. The van der Waals surface area contributed by atoms with Crippen LogP contribution in [0.3, 0.4) is 0 Å². The number of nitrogens with one attached hydrogen (secondary N) is 2. The molecule has 8 nitrogen and oxygen atoms in total.